The van der Waals surface area contributed by atoms with E-state index in [1.807, 2.05) is 12.1 Å². The van der Waals surface area contributed by atoms with E-state index in [-0.39, 0.29) is 0 Å². The maximum absolute atomic E-state index is 4.49. The molecular weight excluding hydrogens is 236 g/mol. The summed E-state index contributed by atoms with van der Waals surface area (Å²) in [6.45, 7) is 10.3. The smallest absolute Gasteiger partial charge is 0.180 e. The van der Waals surface area contributed by atoms with Gasteiger partial charge < -0.3 is 5.32 Å². The predicted octanol–water partition coefficient (Wildman–Crippen LogP) is 3.12. The Morgan fingerprint density at radius 3 is 2.42 bits per heavy atom. The standard InChI is InChI=1S/C15H20N4/c1-14(2)11(15(14,3)4)9-18-12-6-5-10-13(19-12)17-8-7-16-10/h5-8,11H,9H2,1-4H3,(H,17,18,19). The summed E-state index contributed by atoms with van der Waals surface area (Å²) in [6.07, 6.45) is 3.36. The first-order chi connectivity index (χ1) is 8.93. The average Bonchev–Trinajstić information content (AvgIpc) is 2.77. The van der Waals surface area contributed by atoms with Crippen molar-refractivity contribution in [3.05, 3.63) is 24.5 Å². The number of nitrogens with zero attached hydrogens (tertiary/aromatic N) is 3. The fraction of sp³-hybridized carbons (Fsp3) is 0.533. The van der Waals surface area contributed by atoms with Crippen LogP contribution >= 0.6 is 0 Å². The summed E-state index contributed by atoms with van der Waals surface area (Å²) in [7, 11) is 0. The Kier molecular flexibility index (Phi) is 2.52. The zero-order valence-corrected chi connectivity index (χ0v) is 11.9. The van der Waals surface area contributed by atoms with E-state index in [9.17, 15) is 0 Å². The Balaban J connectivity index is 1.73. The Labute approximate surface area is 113 Å². The van der Waals surface area contributed by atoms with Crippen molar-refractivity contribution in [1.29, 1.82) is 0 Å². The first-order valence-corrected chi connectivity index (χ1v) is 6.74. The van der Waals surface area contributed by atoms with Crippen LogP contribution in [0.2, 0.25) is 0 Å². The number of rotatable bonds is 3. The summed E-state index contributed by atoms with van der Waals surface area (Å²) in [5, 5.41) is 3.43. The van der Waals surface area contributed by atoms with Crippen molar-refractivity contribution >= 4 is 17.0 Å². The number of hydrogen-bond acceptors (Lipinski definition) is 4. The van der Waals surface area contributed by atoms with Crippen LogP contribution in [-0.2, 0) is 0 Å². The van der Waals surface area contributed by atoms with E-state index in [0.717, 1.165) is 17.9 Å². The lowest BCUT2D eigenvalue weighted by atomic mass is 10.0. The topological polar surface area (TPSA) is 50.7 Å². The van der Waals surface area contributed by atoms with Gasteiger partial charge in [0.05, 0.1) is 0 Å². The molecular formula is C15H20N4. The fourth-order valence-corrected chi connectivity index (χ4v) is 3.00. The Bertz CT molecular complexity index is 604. The highest BCUT2D eigenvalue weighted by atomic mass is 15.0. The van der Waals surface area contributed by atoms with Crippen molar-refractivity contribution in [1.82, 2.24) is 15.0 Å². The van der Waals surface area contributed by atoms with Crippen LogP contribution in [-0.4, -0.2) is 21.5 Å². The summed E-state index contributed by atoms with van der Waals surface area (Å²) in [5.74, 6) is 1.56. The molecule has 2 aromatic heterocycles. The molecule has 1 aliphatic rings. The van der Waals surface area contributed by atoms with Gasteiger partial charge in [-0.25, -0.2) is 9.97 Å². The molecule has 0 aliphatic heterocycles. The van der Waals surface area contributed by atoms with E-state index in [2.05, 4.69) is 48.0 Å². The Morgan fingerprint density at radius 1 is 1.05 bits per heavy atom. The average molecular weight is 256 g/mol. The van der Waals surface area contributed by atoms with Gasteiger partial charge in [-0.15, -0.1) is 0 Å². The number of nitrogens with one attached hydrogen (secondary N) is 1. The maximum atomic E-state index is 4.49. The first-order valence-electron chi connectivity index (χ1n) is 6.74. The molecule has 100 valence electrons. The van der Waals surface area contributed by atoms with Crippen LogP contribution in [0.5, 0.6) is 0 Å². The normalized spacial score (nSPS) is 20.4. The second-order valence-electron chi connectivity index (χ2n) is 6.47. The lowest BCUT2D eigenvalue weighted by Gasteiger charge is -2.07. The first kappa shape index (κ1) is 12.3. The molecule has 0 saturated heterocycles. The van der Waals surface area contributed by atoms with E-state index in [0.29, 0.717) is 22.4 Å². The van der Waals surface area contributed by atoms with Gasteiger partial charge in [-0.05, 0) is 28.9 Å². The fourth-order valence-electron chi connectivity index (χ4n) is 3.00. The number of fused-ring (bicyclic) bond motifs is 1. The van der Waals surface area contributed by atoms with Gasteiger partial charge in [-0.1, -0.05) is 27.7 Å². The predicted molar refractivity (Wildman–Crippen MR) is 76.9 cm³/mol. The zero-order valence-electron chi connectivity index (χ0n) is 11.9. The summed E-state index contributed by atoms with van der Waals surface area (Å²) in [5.41, 5.74) is 2.33. The molecule has 1 N–H and O–H groups in total. The number of aromatic nitrogens is 3. The minimum Gasteiger partial charge on any atom is -0.370 e. The molecule has 4 nitrogen and oxygen atoms in total. The monoisotopic (exact) mass is 256 g/mol. The van der Waals surface area contributed by atoms with Crippen LogP contribution < -0.4 is 5.32 Å². The molecule has 0 bridgehead atoms. The minimum absolute atomic E-state index is 0.399. The lowest BCUT2D eigenvalue weighted by molar-refractivity contribution is 0.457. The van der Waals surface area contributed by atoms with Crippen molar-refractivity contribution in [2.45, 2.75) is 27.7 Å². The van der Waals surface area contributed by atoms with Gasteiger partial charge in [0.1, 0.15) is 11.3 Å². The minimum atomic E-state index is 0.399. The SMILES string of the molecule is CC1(C)C(CNc2ccc3nccnc3n2)C1(C)C. The molecule has 1 saturated carbocycles. The third-order valence-corrected chi connectivity index (χ3v) is 5.14. The quantitative estimate of drug-likeness (QED) is 0.916. The summed E-state index contributed by atoms with van der Waals surface area (Å²) in [4.78, 5) is 12.9. The molecule has 0 unspecified atom stereocenters. The molecule has 2 heterocycles. The molecule has 3 rings (SSSR count). The largest absolute Gasteiger partial charge is 0.370 e. The number of pyridine rings is 1. The summed E-state index contributed by atoms with van der Waals surface area (Å²) >= 11 is 0. The molecule has 1 aliphatic carbocycles. The molecule has 0 aromatic carbocycles. The number of anilines is 1. The molecule has 0 radical (unpaired) electrons. The molecule has 4 heteroatoms. The highest BCUT2D eigenvalue weighted by Gasteiger charge is 2.64. The van der Waals surface area contributed by atoms with Gasteiger partial charge in [0.15, 0.2) is 5.65 Å². The van der Waals surface area contributed by atoms with Gasteiger partial charge in [-0.2, -0.15) is 0 Å². The molecule has 2 aromatic rings. The van der Waals surface area contributed by atoms with Gasteiger partial charge in [0.25, 0.3) is 0 Å². The summed E-state index contributed by atoms with van der Waals surface area (Å²) in [6, 6.07) is 3.93. The molecule has 1 fully saturated rings. The molecule has 0 atom stereocenters. The van der Waals surface area contributed by atoms with Crippen LogP contribution in [0, 0.1) is 16.7 Å². The second kappa shape index (κ2) is 3.89. The lowest BCUT2D eigenvalue weighted by Crippen LogP contribution is -2.09. The van der Waals surface area contributed by atoms with Crippen molar-refractivity contribution in [3.8, 4) is 0 Å². The van der Waals surface area contributed by atoms with Crippen LogP contribution in [0.25, 0.3) is 11.2 Å². The van der Waals surface area contributed by atoms with Crippen molar-refractivity contribution in [2.75, 3.05) is 11.9 Å². The molecule has 0 spiro atoms. The van der Waals surface area contributed by atoms with Crippen molar-refractivity contribution in [2.24, 2.45) is 16.7 Å². The van der Waals surface area contributed by atoms with Gasteiger partial charge in [0, 0.05) is 18.9 Å². The highest BCUT2D eigenvalue weighted by molar-refractivity contribution is 5.71. The van der Waals surface area contributed by atoms with Gasteiger partial charge >= 0.3 is 0 Å². The van der Waals surface area contributed by atoms with E-state index >= 15 is 0 Å². The molecule has 0 amide bonds. The Morgan fingerprint density at radius 2 is 1.74 bits per heavy atom. The summed E-state index contributed by atoms with van der Waals surface area (Å²) < 4.78 is 0. The van der Waals surface area contributed by atoms with Crippen LogP contribution in [0.3, 0.4) is 0 Å². The van der Waals surface area contributed by atoms with E-state index in [1.54, 1.807) is 12.4 Å². The maximum Gasteiger partial charge on any atom is 0.180 e. The van der Waals surface area contributed by atoms with Crippen LogP contribution in [0.1, 0.15) is 27.7 Å². The third-order valence-electron chi connectivity index (χ3n) is 5.14. The van der Waals surface area contributed by atoms with Crippen molar-refractivity contribution in [3.63, 3.8) is 0 Å². The second-order valence-corrected chi connectivity index (χ2v) is 6.47. The Hall–Kier alpha value is -1.71. The highest BCUT2D eigenvalue weighted by Crippen LogP contribution is 2.68. The van der Waals surface area contributed by atoms with Crippen LogP contribution in [0.4, 0.5) is 5.82 Å². The van der Waals surface area contributed by atoms with Crippen LogP contribution in [0.15, 0.2) is 24.5 Å². The van der Waals surface area contributed by atoms with Gasteiger partial charge in [0.2, 0.25) is 0 Å². The van der Waals surface area contributed by atoms with E-state index in [4.69, 9.17) is 0 Å². The zero-order chi connectivity index (χ0) is 13.7. The third kappa shape index (κ3) is 1.86. The molecule has 19 heavy (non-hydrogen) atoms. The van der Waals surface area contributed by atoms with E-state index in [1.165, 1.54) is 0 Å². The van der Waals surface area contributed by atoms with Crippen molar-refractivity contribution < 1.29 is 0 Å². The van der Waals surface area contributed by atoms with E-state index < -0.39 is 0 Å². The number of hydrogen-bond donors (Lipinski definition) is 1. The van der Waals surface area contributed by atoms with Gasteiger partial charge in [-0.3, -0.25) is 4.98 Å².